The Bertz CT molecular complexity index is 537. The van der Waals surface area contributed by atoms with Gasteiger partial charge in [0.05, 0.1) is 12.0 Å². The smallest absolute Gasteiger partial charge is 0.330 e. The molecule has 0 heterocycles. The van der Waals surface area contributed by atoms with Gasteiger partial charge in [-0.2, -0.15) is 0 Å². The van der Waals surface area contributed by atoms with Crippen LogP contribution in [0.5, 0.6) is 0 Å². The van der Waals surface area contributed by atoms with E-state index in [2.05, 4.69) is 5.32 Å². The van der Waals surface area contributed by atoms with E-state index in [-0.39, 0.29) is 12.3 Å². The molecular formula is C15H18ClNO4. The molecule has 6 heteroatoms. The van der Waals surface area contributed by atoms with E-state index >= 15 is 0 Å². The van der Waals surface area contributed by atoms with Crippen LogP contribution in [0, 0.1) is 0 Å². The number of halogens is 1. The van der Waals surface area contributed by atoms with Gasteiger partial charge in [-0.05, 0) is 25.3 Å². The molecule has 1 aromatic rings. The highest BCUT2D eigenvalue weighted by Gasteiger charge is 2.39. The quantitative estimate of drug-likeness (QED) is 0.846. The highest BCUT2D eigenvalue weighted by molar-refractivity contribution is 6.31. The lowest BCUT2D eigenvalue weighted by atomic mass is 9.77. The van der Waals surface area contributed by atoms with Gasteiger partial charge in [-0.25, -0.2) is 4.79 Å². The first-order valence-electron chi connectivity index (χ1n) is 6.79. The van der Waals surface area contributed by atoms with E-state index in [1.54, 1.807) is 31.4 Å². The number of carboxylic acids is 1. The number of nitrogens with one attached hydrogen (secondary N) is 1. The summed E-state index contributed by atoms with van der Waals surface area (Å²) in [4.78, 5) is 23.5. The molecule has 2 rings (SSSR count). The van der Waals surface area contributed by atoms with E-state index in [1.807, 2.05) is 0 Å². The third kappa shape index (κ3) is 3.54. The standard InChI is InChI=1S/C15H18ClNO4/c1-21-15(7-4-8-15)9-12(18)17-13(14(19)20)10-5-2-3-6-11(10)16/h2-3,5-6,13H,4,7-9H2,1H3,(H,17,18)(H,19,20)/t13-/m1/s1. The Kier molecular flexibility index (Phi) is 4.85. The Morgan fingerprint density at radius 2 is 2.10 bits per heavy atom. The third-order valence-electron chi connectivity index (χ3n) is 3.95. The minimum atomic E-state index is -1.15. The summed E-state index contributed by atoms with van der Waals surface area (Å²) in [7, 11) is 1.58. The first-order valence-corrected chi connectivity index (χ1v) is 7.17. The second kappa shape index (κ2) is 6.45. The van der Waals surface area contributed by atoms with Crippen LogP contribution < -0.4 is 5.32 Å². The number of hydrogen-bond donors (Lipinski definition) is 2. The van der Waals surface area contributed by atoms with Crippen molar-refractivity contribution in [1.82, 2.24) is 5.32 Å². The molecule has 1 aliphatic carbocycles. The second-order valence-electron chi connectivity index (χ2n) is 5.28. The van der Waals surface area contributed by atoms with Gasteiger partial charge >= 0.3 is 5.97 Å². The van der Waals surface area contributed by atoms with E-state index in [0.717, 1.165) is 19.3 Å². The van der Waals surface area contributed by atoms with Gasteiger partial charge in [0, 0.05) is 17.7 Å². The van der Waals surface area contributed by atoms with Gasteiger partial charge < -0.3 is 15.2 Å². The molecule has 1 amide bonds. The minimum Gasteiger partial charge on any atom is -0.479 e. The fourth-order valence-electron chi connectivity index (χ4n) is 2.51. The zero-order chi connectivity index (χ0) is 15.5. The van der Waals surface area contributed by atoms with Crippen LogP contribution in [0.4, 0.5) is 0 Å². The molecule has 0 spiro atoms. The number of ether oxygens (including phenoxy) is 1. The molecule has 0 bridgehead atoms. The molecule has 1 saturated carbocycles. The Hall–Kier alpha value is -1.59. The first kappa shape index (κ1) is 15.8. The molecule has 0 radical (unpaired) electrons. The molecule has 21 heavy (non-hydrogen) atoms. The van der Waals surface area contributed by atoms with Crippen molar-refractivity contribution in [2.24, 2.45) is 0 Å². The van der Waals surface area contributed by atoms with E-state index in [9.17, 15) is 14.7 Å². The summed E-state index contributed by atoms with van der Waals surface area (Å²) in [6.07, 6.45) is 2.83. The van der Waals surface area contributed by atoms with Crippen molar-refractivity contribution in [1.29, 1.82) is 0 Å². The van der Waals surface area contributed by atoms with Crippen LogP contribution in [-0.4, -0.2) is 29.7 Å². The van der Waals surface area contributed by atoms with Crippen molar-refractivity contribution in [3.63, 3.8) is 0 Å². The lowest BCUT2D eigenvalue weighted by Gasteiger charge is -2.40. The van der Waals surface area contributed by atoms with Crippen LogP contribution in [0.1, 0.15) is 37.3 Å². The molecular weight excluding hydrogens is 294 g/mol. The minimum absolute atomic E-state index is 0.164. The Labute approximate surface area is 128 Å². The monoisotopic (exact) mass is 311 g/mol. The predicted octanol–water partition coefficient (Wildman–Crippen LogP) is 2.54. The molecule has 2 N–H and O–H groups in total. The first-order chi connectivity index (χ1) is 9.97. The van der Waals surface area contributed by atoms with Gasteiger partial charge in [0.1, 0.15) is 0 Å². The van der Waals surface area contributed by atoms with Crippen molar-refractivity contribution < 1.29 is 19.4 Å². The Balaban J connectivity index is 2.08. The fraction of sp³-hybridized carbons (Fsp3) is 0.467. The molecule has 1 atom stereocenters. The number of carbonyl (C=O) groups excluding carboxylic acids is 1. The average molecular weight is 312 g/mol. The van der Waals surface area contributed by atoms with Crippen molar-refractivity contribution in [3.05, 3.63) is 34.9 Å². The molecule has 0 unspecified atom stereocenters. The molecule has 1 fully saturated rings. The maximum atomic E-state index is 12.1. The zero-order valence-corrected chi connectivity index (χ0v) is 12.5. The second-order valence-corrected chi connectivity index (χ2v) is 5.68. The Morgan fingerprint density at radius 3 is 2.57 bits per heavy atom. The number of aliphatic carboxylic acids is 1. The molecule has 1 aliphatic rings. The van der Waals surface area contributed by atoms with Gasteiger partial charge in [0.25, 0.3) is 0 Å². The van der Waals surface area contributed by atoms with E-state index in [4.69, 9.17) is 16.3 Å². The van der Waals surface area contributed by atoms with Crippen LogP contribution in [0.25, 0.3) is 0 Å². The SMILES string of the molecule is COC1(CC(=O)N[C@@H](C(=O)O)c2ccccc2Cl)CCC1. The normalized spacial score (nSPS) is 17.6. The van der Waals surface area contributed by atoms with E-state index in [0.29, 0.717) is 10.6 Å². The fourth-order valence-corrected chi connectivity index (χ4v) is 2.76. The number of rotatable bonds is 6. The van der Waals surface area contributed by atoms with Crippen LogP contribution in [0.3, 0.4) is 0 Å². The molecule has 0 aliphatic heterocycles. The molecule has 0 aromatic heterocycles. The number of carboxylic acid groups (broad SMARTS) is 1. The summed E-state index contributed by atoms with van der Waals surface area (Å²) >= 11 is 6.01. The summed E-state index contributed by atoms with van der Waals surface area (Å²) in [5.74, 6) is -1.49. The van der Waals surface area contributed by atoms with Crippen molar-refractivity contribution in [3.8, 4) is 0 Å². The number of amides is 1. The van der Waals surface area contributed by atoms with Crippen molar-refractivity contribution in [2.45, 2.75) is 37.3 Å². The summed E-state index contributed by atoms with van der Waals surface area (Å²) in [5, 5.41) is 12.2. The van der Waals surface area contributed by atoms with E-state index in [1.165, 1.54) is 0 Å². The van der Waals surface area contributed by atoms with Crippen LogP contribution >= 0.6 is 11.6 Å². The summed E-state index contributed by atoms with van der Waals surface area (Å²) in [6, 6.07) is 5.44. The topological polar surface area (TPSA) is 75.6 Å². The third-order valence-corrected chi connectivity index (χ3v) is 4.29. The van der Waals surface area contributed by atoms with Gasteiger partial charge in [0.15, 0.2) is 6.04 Å². The number of carbonyl (C=O) groups is 2. The summed E-state index contributed by atoms with van der Waals surface area (Å²) in [6.45, 7) is 0. The maximum Gasteiger partial charge on any atom is 0.330 e. The molecule has 1 aromatic carbocycles. The van der Waals surface area contributed by atoms with Gasteiger partial charge in [-0.15, -0.1) is 0 Å². The van der Waals surface area contributed by atoms with Crippen LogP contribution in [0.15, 0.2) is 24.3 Å². The van der Waals surface area contributed by atoms with E-state index < -0.39 is 17.6 Å². The van der Waals surface area contributed by atoms with Crippen molar-refractivity contribution in [2.75, 3.05) is 7.11 Å². The molecule has 114 valence electrons. The molecule has 5 nitrogen and oxygen atoms in total. The Morgan fingerprint density at radius 1 is 1.43 bits per heavy atom. The van der Waals surface area contributed by atoms with Gasteiger partial charge in [-0.1, -0.05) is 29.8 Å². The highest BCUT2D eigenvalue weighted by atomic mass is 35.5. The number of methoxy groups -OCH3 is 1. The number of benzene rings is 1. The van der Waals surface area contributed by atoms with Crippen LogP contribution in [-0.2, 0) is 14.3 Å². The largest absolute Gasteiger partial charge is 0.479 e. The number of hydrogen-bond acceptors (Lipinski definition) is 3. The zero-order valence-electron chi connectivity index (χ0n) is 11.8. The lowest BCUT2D eigenvalue weighted by Crippen LogP contribution is -2.45. The maximum absolute atomic E-state index is 12.1. The lowest BCUT2D eigenvalue weighted by molar-refractivity contribution is -0.145. The van der Waals surface area contributed by atoms with Gasteiger partial charge in [0.2, 0.25) is 5.91 Å². The molecule has 0 saturated heterocycles. The highest BCUT2D eigenvalue weighted by Crippen LogP contribution is 2.38. The predicted molar refractivity (Wildman–Crippen MR) is 78.2 cm³/mol. The van der Waals surface area contributed by atoms with Gasteiger partial charge in [-0.3, -0.25) is 4.79 Å². The van der Waals surface area contributed by atoms with Crippen molar-refractivity contribution >= 4 is 23.5 Å². The summed E-state index contributed by atoms with van der Waals surface area (Å²) < 4.78 is 5.38. The van der Waals surface area contributed by atoms with Crippen LogP contribution in [0.2, 0.25) is 5.02 Å². The summed E-state index contributed by atoms with van der Waals surface area (Å²) in [5.41, 5.74) is -0.0618. The average Bonchev–Trinajstić information content (AvgIpc) is 2.41.